The van der Waals surface area contributed by atoms with Crippen molar-refractivity contribution in [1.82, 2.24) is 5.32 Å². The molecule has 0 bridgehead atoms. The highest BCUT2D eigenvalue weighted by Crippen LogP contribution is 1.90. The van der Waals surface area contributed by atoms with E-state index in [1.807, 2.05) is 0 Å². The van der Waals surface area contributed by atoms with Gasteiger partial charge in [-0.15, -0.1) is 0 Å². The molecule has 0 aliphatic heterocycles. The minimum atomic E-state index is -0.884. The number of rotatable bonds is 6. The standard InChI is InChI=1S/C7H13NO4/c1-5(7(11)12)4-8-3-2-6(9)10/h5,8H,2-4H2,1H3,(H,9,10)(H,11,12). The van der Waals surface area contributed by atoms with Crippen LogP contribution in [0.1, 0.15) is 13.3 Å². The van der Waals surface area contributed by atoms with Crippen LogP contribution in [0.5, 0.6) is 0 Å². The fourth-order valence-electron chi connectivity index (χ4n) is 0.601. The number of nitrogens with one attached hydrogen (secondary N) is 1. The van der Waals surface area contributed by atoms with Crippen molar-refractivity contribution in [3.8, 4) is 0 Å². The molecule has 5 heteroatoms. The van der Waals surface area contributed by atoms with E-state index in [1.165, 1.54) is 0 Å². The minimum absolute atomic E-state index is 0.0202. The average molecular weight is 175 g/mol. The van der Waals surface area contributed by atoms with Gasteiger partial charge >= 0.3 is 11.9 Å². The first-order valence-corrected chi connectivity index (χ1v) is 3.69. The number of hydrogen-bond donors (Lipinski definition) is 3. The van der Waals surface area contributed by atoms with Gasteiger partial charge in [0.05, 0.1) is 12.3 Å². The molecule has 1 unspecified atom stereocenters. The van der Waals surface area contributed by atoms with Crippen LogP contribution in [0.15, 0.2) is 0 Å². The number of carboxylic acids is 2. The van der Waals surface area contributed by atoms with E-state index in [2.05, 4.69) is 5.32 Å². The van der Waals surface area contributed by atoms with Crippen molar-refractivity contribution in [1.29, 1.82) is 0 Å². The Morgan fingerprint density at radius 1 is 1.42 bits per heavy atom. The van der Waals surface area contributed by atoms with Crippen LogP contribution >= 0.6 is 0 Å². The Balaban J connectivity index is 3.31. The Morgan fingerprint density at radius 3 is 2.42 bits per heavy atom. The molecule has 0 spiro atoms. The van der Waals surface area contributed by atoms with Gasteiger partial charge in [-0.1, -0.05) is 6.92 Å². The van der Waals surface area contributed by atoms with E-state index in [1.54, 1.807) is 6.92 Å². The molecular formula is C7H13NO4. The van der Waals surface area contributed by atoms with Gasteiger partial charge in [0.15, 0.2) is 0 Å². The van der Waals surface area contributed by atoms with Gasteiger partial charge in [0.1, 0.15) is 0 Å². The second-order valence-corrected chi connectivity index (χ2v) is 2.59. The first kappa shape index (κ1) is 10.9. The van der Waals surface area contributed by atoms with Gasteiger partial charge in [0.25, 0.3) is 0 Å². The average Bonchev–Trinajstić information content (AvgIpc) is 1.97. The topological polar surface area (TPSA) is 86.6 Å². The molecular weight excluding hydrogens is 162 g/mol. The summed E-state index contributed by atoms with van der Waals surface area (Å²) in [5.41, 5.74) is 0. The molecule has 12 heavy (non-hydrogen) atoms. The van der Waals surface area contributed by atoms with Crippen LogP contribution in [0.25, 0.3) is 0 Å². The monoisotopic (exact) mass is 175 g/mol. The first-order valence-electron chi connectivity index (χ1n) is 3.69. The normalized spacial score (nSPS) is 12.4. The zero-order valence-electron chi connectivity index (χ0n) is 6.91. The molecule has 3 N–H and O–H groups in total. The first-order chi connectivity index (χ1) is 5.54. The molecule has 5 nitrogen and oxygen atoms in total. The molecule has 0 amide bonds. The maximum absolute atomic E-state index is 10.3. The molecule has 0 aliphatic rings. The Kier molecular flexibility index (Phi) is 5.03. The lowest BCUT2D eigenvalue weighted by Crippen LogP contribution is -2.27. The molecule has 0 radical (unpaired) electrons. The highest BCUT2D eigenvalue weighted by atomic mass is 16.4. The van der Waals surface area contributed by atoms with Crippen LogP contribution in [0.3, 0.4) is 0 Å². The smallest absolute Gasteiger partial charge is 0.307 e. The fraction of sp³-hybridized carbons (Fsp3) is 0.714. The van der Waals surface area contributed by atoms with Crippen LogP contribution in [-0.4, -0.2) is 35.2 Å². The molecule has 0 saturated carbocycles. The van der Waals surface area contributed by atoms with Crippen molar-refractivity contribution >= 4 is 11.9 Å². The van der Waals surface area contributed by atoms with Crippen LogP contribution < -0.4 is 5.32 Å². The lowest BCUT2D eigenvalue weighted by atomic mass is 10.2. The third kappa shape index (κ3) is 5.67. The van der Waals surface area contributed by atoms with Gasteiger partial charge in [-0.25, -0.2) is 0 Å². The predicted molar refractivity (Wildman–Crippen MR) is 41.9 cm³/mol. The van der Waals surface area contributed by atoms with E-state index in [4.69, 9.17) is 10.2 Å². The van der Waals surface area contributed by atoms with Gasteiger partial charge in [0, 0.05) is 13.1 Å². The van der Waals surface area contributed by atoms with E-state index in [0.29, 0.717) is 13.1 Å². The highest BCUT2D eigenvalue weighted by molar-refractivity contribution is 5.69. The maximum atomic E-state index is 10.3. The van der Waals surface area contributed by atoms with Crippen molar-refractivity contribution in [3.05, 3.63) is 0 Å². The van der Waals surface area contributed by atoms with E-state index in [-0.39, 0.29) is 6.42 Å². The van der Waals surface area contributed by atoms with Crippen LogP contribution in [0.4, 0.5) is 0 Å². The van der Waals surface area contributed by atoms with Crippen molar-refractivity contribution in [2.24, 2.45) is 5.92 Å². The minimum Gasteiger partial charge on any atom is -0.481 e. The number of aliphatic carboxylic acids is 2. The van der Waals surface area contributed by atoms with Gasteiger partial charge < -0.3 is 15.5 Å². The molecule has 0 aliphatic carbocycles. The van der Waals surface area contributed by atoms with E-state index >= 15 is 0 Å². The Bertz CT molecular complexity index is 169. The van der Waals surface area contributed by atoms with Crippen LogP contribution in [0.2, 0.25) is 0 Å². The summed E-state index contributed by atoms with van der Waals surface area (Å²) < 4.78 is 0. The summed E-state index contributed by atoms with van der Waals surface area (Å²) in [7, 11) is 0. The summed E-state index contributed by atoms with van der Waals surface area (Å²) in [6.07, 6.45) is 0.0202. The molecule has 0 rings (SSSR count). The van der Waals surface area contributed by atoms with Crippen molar-refractivity contribution in [3.63, 3.8) is 0 Å². The molecule has 1 atom stereocenters. The highest BCUT2D eigenvalue weighted by Gasteiger charge is 2.09. The quantitative estimate of drug-likeness (QED) is 0.485. The summed E-state index contributed by atoms with van der Waals surface area (Å²) in [5.74, 6) is -2.23. The summed E-state index contributed by atoms with van der Waals surface area (Å²) in [5, 5.41) is 19.4. The van der Waals surface area contributed by atoms with Crippen LogP contribution in [-0.2, 0) is 9.59 Å². The summed E-state index contributed by atoms with van der Waals surface area (Å²) in [6.45, 7) is 2.19. The largest absolute Gasteiger partial charge is 0.481 e. The molecule has 0 heterocycles. The summed E-state index contributed by atoms with van der Waals surface area (Å²) in [6, 6.07) is 0. The van der Waals surface area contributed by atoms with E-state index in [9.17, 15) is 9.59 Å². The van der Waals surface area contributed by atoms with Gasteiger partial charge in [-0.3, -0.25) is 9.59 Å². The number of hydrogen-bond acceptors (Lipinski definition) is 3. The third-order valence-electron chi connectivity index (χ3n) is 1.39. The zero-order chi connectivity index (χ0) is 9.56. The third-order valence-corrected chi connectivity index (χ3v) is 1.39. The van der Waals surface area contributed by atoms with Crippen molar-refractivity contribution in [2.75, 3.05) is 13.1 Å². The van der Waals surface area contributed by atoms with Crippen molar-refractivity contribution < 1.29 is 19.8 Å². The second kappa shape index (κ2) is 5.54. The number of carboxylic acid groups (broad SMARTS) is 2. The Morgan fingerprint density at radius 2 is 2.00 bits per heavy atom. The lowest BCUT2D eigenvalue weighted by molar-refractivity contribution is -0.140. The second-order valence-electron chi connectivity index (χ2n) is 2.59. The molecule has 0 aromatic rings. The summed E-state index contributed by atoms with van der Waals surface area (Å²) in [4.78, 5) is 20.3. The maximum Gasteiger partial charge on any atom is 0.307 e. The van der Waals surface area contributed by atoms with Crippen LogP contribution in [0, 0.1) is 5.92 Å². The van der Waals surface area contributed by atoms with Gasteiger partial charge in [-0.2, -0.15) is 0 Å². The molecule has 0 saturated heterocycles. The Hall–Kier alpha value is -1.10. The van der Waals surface area contributed by atoms with E-state index in [0.717, 1.165) is 0 Å². The number of carbonyl (C=O) groups is 2. The SMILES string of the molecule is CC(CNCCC(=O)O)C(=O)O. The van der Waals surface area contributed by atoms with Crippen molar-refractivity contribution in [2.45, 2.75) is 13.3 Å². The zero-order valence-corrected chi connectivity index (χ0v) is 6.91. The van der Waals surface area contributed by atoms with Gasteiger partial charge in [0.2, 0.25) is 0 Å². The van der Waals surface area contributed by atoms with Gasteiger partial charge in [-0.05, 0) is 0 Å². The Labute approximate surface area is 70.4 Å². The molecule has 70 valence electrons. The fourth-order valence-corrected chi connectivity index (χ4v) is 0.601. The summed E-state index contributed by atoms with van der Waals surface area (Å²) >= 11 is 0. The predicted octanol–water partition coefficient (Wildman–Crippen LogP) is -0.229. The molecule has 0 aromatic carbocycles. The lowest BCUT2D eigenvalue weighted by Gasteiger charge is -2.06. The molecule has 0 fully saturated rings. The van der Waals surface area contributed by atoms with E-state index < -0.39 is 17.9 Å². The molecule has 0 aromatic heterocycles.